The molecule has 0 unspecified atom stereocenters. The van der Waals surface area contributed by atoms with Crippen molar-refractivity contribution >= 4 is 10.9 Å². The van der Waals surface area contributed by atoms with Gasteiger partial charge in [-0.1, -0.05) is 45.4 Å². The van der Waals surface area contributed by atoms with Gasteiger partial charge >= 0.3 is 0 Å². The van der Waals surface area contributed by atoms with Crippen molar-refractivity contribution < 1.29 is 4.57 Å². The topological polar surface area (TPSA) is 3.88 Å². The van der Waals surface area contributed by atoms with Gasteiger partial charge in [0.15, 0.2) is 0 Å². The lowest BCUT2D eigenvalue weighted by Crippen LogP contribution is -2.32. The summed E-state index contributed by atoms with van der Waals surface area (Å²) in [6.07, 6.45) is 2.26. The summed E-state index contributed by atoms with van der Waals surface area (Å²) in [7, 11) is 2.23. The molecule has 0 amide bonds. The van der Waals surface area contributed by atoms with E-state index in [2.05, 4.69) is 96.5 Å². The summed E-state index contributed by atoms with van der Waals surface area (Å²) in [6, 6.07) is 14.1. The predicted molar refractivity (Wildman–Crippen MR) is 122 cm³/mol. The van der Waals surface area contributed by atoms with E-state index in [9.17, 15) is 0 Å². The lowest BCUT2D eigenvalue weighted by molar-refractivity contribution is -0.633. The van der Waals surface area contributed by atoms with Crippen LogP contribution in [0.1, 0.15) is 55.5 Å². The van der Waals surface area contributed by atoms with Gasteiger partial charge in [-0.25, -0.2) is 0 Å². The molecule has 1 aromatic heterocycles. The number of pyridine rings is 1. The zero-order chi connectivity index (χ0) is 20.6. The number of hydrogen-bond donors (Lipinski definition) is 0. The van der Waals surface area contributed by atoms with Crippen LogP contribution >= 0.6 is 0 Å². The maximum atomic E-state index is 2.45. The molecule has 0 aliphatic rings. The third-order valence-corrected chi connectivity index (χ3v) is 5.79. The van der Waals surface area contributed by atoms with Gasteiger partial charge < -0.3 is 0 Å². The molecule has 1 heteroatoms. The summed E-state index contributed by atoms with van der Waals surface area (Å²) in [5.41, 5.74) is 11.0. The average molecular weight is 375 g/mol. The Morgan fingerprint density at radius 1 is 0.821 bits per heavy atom. The first-order chi connectivity index (χ1) is 13.2. The van der Waals surface area contributed by atoms with Crippen LogP contribution in [-0.4, -0.2) is 0 Å². The predicted octanol–water partition coefficient (Wildman–Crippen LogP) is 6.65. The van der Waals surface area contributed by atoms with Gasteiger partial charge in [0.05, 0.1) is 0 Å². The van der Waals surface area contributed by atoms with E-state index in [1.807, 2.05) is 0 Å². The molecule has 0 radical (unpaired) electrons. The normalized spacial score (nSPS) is 11.8. The Morgan fingerprint density at radius 3 is 2.14 bits per heavy atom. The number of hydrogen-bond acceptors (Lipinski definition) is 0. The molecular weight excluding hydrogens is 338 g/mol. The minimum absolute atomic E-state index is 0.657. The summed E-state index contributed by atoms with van der Waals surface area (Å²) >= 11 is 0. The number of benzene rings is 2. The summed E-state index contributed by atoms with van der Waals surface area (Å²) < 4.78 is 2.41. The lowest BCUT2D eigenvalue weighted by Gasteiger charge is -2.15. The molecule has 28 heavy (non-hydrogen) atoms. The summed E-state index contributed by atoms with van der Waals surface area (Å²) in [4.78, 5) is 0. The van der Waals surface area contributed by atoms with Gasteiger partial charge in [-0.3, -0.25) is 0 Å². The van der Waals surface area contributed by atoms with Gasteiger partial charge in [-0.2, -0.15) is 4.57 Å². The number of nitrogens with zero attached hydrogens (tertiary/aromatic N) is 1. The smallest absolute Gasteiger partial charge is 0.194 e. The molecule has 0 aliphatic heterocycles. The molecule has 0 atom stereocenters. The summed E-state index contributed by atoms with van der Waals surface area (Å²) in [5, 5.41) is 1.40. The van der Waals surface area contributed by atoms with E-state index in [4.69, 9.17) is 0 Å². The fourth-order valence-corrected chi connectivity index (χ4v) is 4.41. The second-order valence-corrected chi connectivity index (χ2v) is 9.42. The molecule has 148 valence electrons. The van der Waals surface area contributed by atoms with E-state index in [0.29, 0.717) is 11.8 Å². The molecule has 0 spiro atoms. The number of rotatable bonds is 5. The van der Waals surface area contributed by atoms with Crippen molar-refractivity contribution in [2.24, 2.45) is 18.9 Å². The summed E-state index contributed by atoms with van der Waals surface area (Å²) in [5.74, 6) is 1.32. The first-order valence-electron chi connectivity index (χ1n) is 10.7. The third kappa shape index (κ3) is 4.14. The molecule has 1 nitrogen and oxygen atoms in total. The van der Waals surface area contributed by atoms with Gasteiger partial charge in [-0.05, 0) is 79.8 Å². The molecule has 0 N–H and O–H groups in total. The Balaban J connectivity index is 2.27. The van der Waals surface area contributed by atoms with E-state index in [-0.39, 0.29) is 0 Å². The zero-order valence-corrected chi connectivity index (χ0v) is 19.0. The molecule has 2 aromatic carbocycles. The van der Waals surface area contributed by atoms with Crippen LogP contribution in [0.4, 0.5) is 0 Å². The number of aromatic nitrogens is 1. The van der Waals surface area contributed by atoms with E-state index >= 15 is 0 Å². The molecule has 3 rings (SSSR count). The Hall–Kier alpha value is -2.15. The standard InChI is InChI=1S/C27H36N/c1-17(2)11-22-15-23(12-18(3)4)24-9-10-26(28(8)27(24)16-22)25-14-19(5)13-20(6)21(25)7/h9-10,13-18H,11-12H2,1-8H3/q+1. The van der Waals surface area contributed by atoms with Crippen molar-refractivity contribution in [1.29, 1.82) is 0 Å². The van der Waals surface area contributed by atoms with Crippen molar-refractivity contribution in [1.82, 2.24) is 0 Å². The van der Waals surface area contributed by atoms with Crippen LogP contribution in [0, 0.1) is 32.6 Å². The van der Waals surface area contributed by atoms with Crippen molar-refractivity contribution in [2.75, 3.05) is 0 Å². The summed E-state index contributed by atoms with van der Waals surface area (Å²) in [6.45, 7) is 15.9. The second kappa shape index (κ2) is 8.07. The maximum absolute atomic E-state index is 2.45. The minimum atomic E-state index is 0.657. The van der Waals surface area contributed by atoms with E-state index in [1.54, 1.807) is 0 Å². The monoisotopic (exact) mass is 374 g/mol. The molecule has 0 bridgehead atoms. The largest absolute Gasteiger partial charge is 0.213 e. The highest BCUT2D eigenvalue weighted by Gasteiger charge is 2.20. The third-order valence-electron chi connectivity index (χ3n) is 5.79. The van der Waals surface area contributed by atoms with Gasteiger partial charge in [0.25, 0.3) is 0 Å². The lowest BCUT2D eigenvalue weighted by atomic mass is 9.92. The quantitative estimate of drug-likeness (QED) is 0.440. The van der Waals surface area contributed by atoms with Gasteiger partial charge in [0, 0.05) is 23.1 Å². The van der Waals surface area contributed by atoms with E-state index in [0.717, 1.165) is 12.8 Å². The highest BCUT2D eigenvalue weighted by molar-refractivity contribution is 5.82. The molecule has 0 aliphatic carbocycles. The molecule has 3 aromatic rings. The Kier molecular flexibility index (Phi) is 5.93. The Labute approximate surface area is 171 Å². The molecule has 0 fully saturated rings. The van der Waals surface area contributed by atoms with Gasteiger partial charge in [-0.15, -0.1) is 0 Å². The first kappa shape index (κ1) is 20.6. The fraction of sp³-hybridized carbons (Fsp3) is 0.444. The van der Waals surface area contributed by atoms with Gasteiger partial charge in [0.2, 0.25) is 11.2 Å². The SMILES string of the molecule is Cc1cc(C)c(C)c(-c2ccc3c(CC(C)C)cc(CC(C)C)cc3[n+]2C)c1. The average Bonchev–Trinajstić information content (AvgIpc) is 2.58. The zero-order valence-electron chi connectivity index (χ0n) is 19.0. The fourth-order valence-electron chi connectivity index (χ4n) is 4.41. The van der Waals surface area contributed by atoms with Crippen molar-refractivity contribution in [2.45, 2.75) is 61.3 Å². The second-order valence-electron chi connectivity index (χ2n) is 9.42. The van der Waals surface area contributed by atoms with Crippen molar-refractivity contribution in [3.63, 3.8) is 0 Å². The first-order valence-corrected chi connectivity index (χ1v) is 10.7. The van der Waals surface area contributed by atoms with Crippen LogP contribution in [0.2, 0.25) is 0 Å². The van der Waals surface area contributed by atoms with Crippen LogP contribution in [0.15, 0.2) is 36.4 Å². The Morgan fingerprint density at radius 2 is 1.50 bits per heavy atom. The van der Waals surface area contributed by atoms with Crippen molar-refractivity contribution in [3.8, 4) is 11.3 Å². The molecule has 1 heterocycles. The number of aryl methyl sites for hydroxylation is 3. The van der Waals surface area contributed by atoms with E-state index < -0.39 is 0 Å². The highest BCUT2D eigenvalue weighted by atomic mass is 14.9. The Bertz CT molecular complexity index is 1010. The molecule has 0 saturated carbocycles. The molecular formula is C27H36N+. The van der Waals surface area contributed by atoms with Gasteiger partial charge in [0.1, 0.15) is 7.05 Å². The highest BCUT2D eigenvalue weighted by Crippen LogP contribution is 2.29. The van der Waals surface area contributed by atoms with Crippen LogP contribution in [-0.2, 0) is 19.9 Å². The van der Waals surface area contributed by atoms with Crippen LogP contribution in [0.25, 0.3) is 22.2 Å². The maximum Gasteiger partial charge on any atom is 0.213 e. The molecule has 0 saturated heterocycles. The van der Waals surface area contributed by atoms with E-state index in [1.165, 1.54) is 50.0 Å². The number of fused-ring (bicyclic) bond motifs is 1. The van der Waals surface area contributed by atoms with Crippen molar-refractivity contribution in [3.05, 3.63) is 64.2 Å². The van der Waals surface area contributed by atoms with Crippen LogP contribution < -0.4 is 4.57 Å². The van der Waals surface area contributed by atoms with Crippen LogP contribution in [0.5, 0.6) is 0 Å². The minimum Gasteiger partial charge on any atom is -0.194 e. The van der Waals surface area contributed by atoms with Crippen LogP contribution in [0.3, 0.4) is 0 Å².